The van der Waals surface area contributed by atoms with E-state index in [4.69, 9.17) is 0 Å². The number of benzene rings is 3. The molecule has 46 heavy (non-hydrogen) atoms. The number of amides is 2. The lowest BCUT2D eigenvalue weighted by atomic mass is 9.99. The molecule has 0 unspecified atom stereocenters. The first-order chi connectivity index (χ1) is 21.9. The van der Waals surface area contributed by atoms with E-state index in [9.17, 15) is 23.2 Å². The van der Waals surface area contributed by atoms with Gasteiger partial charge in [-0.1, -0.05) is 50.2 Å². The Bertz CT molecular complexity index is 2010. The molecule has 0 radical (unpaired) electrons. The number of nitriles is 1. The highest BCUT2D eigenvalue weighted by Crippen LogP contribution is 2.26. The lowest BCUT2D eigenvalue weighted by Gasteiger charge is -2.16. The largest absolute Gasteiger partial charge is 0.573 e. The van der Waals surface area contributed by atoms with Crippen molar-refractivity contribution in [2.75, 3.05) is 0 Å². The van der Waals surface area contributed by atoms with E-state index < -0.39 is 12.4 Å². The second-order valence-corrected chi connectivity index (χ2v) is 11.4. The Kier molecular flexibility index (Phi) is 9.20. The minimum atomic E-state index is -4.78. The minimum absolute atomic E-state index is 0.214. The van der Waals surface area contributed by atoms with Gasteiger partial charge in [0.2, 0.25) is 0 Å². The predicted octanol–water partition coefficient (Wildman–Crippen LogP) is 7.60. The number of carbonyl (C=O) groups excluding carboxylic acids is 1. The molecular weight excluding hydrogens is 615 g/mol. The molecule has 9 nitrogen and oxygen atoms in total. The Balaban J connectivity index is 1.31. The fourth-order valence-electron chi connectivity index (χ4n) is 4.65. The SMILES string of the molecule is Cc1ccc(C(C)C)c(-n2c(C)cs/c2=N\C(=O)N/C=C(\C#N)c2ccc(-c3ncn(-c4ccc(OC(F)(F)F)cc4)n3)cc2)c1. The third-order valence-electron chi connectivity index (χ3n) is 6.87. The molecule has 234 valence electrons. The van der Waals surface area contributed by atoms with Crippen molar-refractivity contribution in [3.05, 3.63) is 112 Å². The van der Waals surface area contributed by atoms with Gasteiger partial charge >= 0.3 is 12.4 Å². The minimum Gasteiger partial charge on any atom is -0.406 e. The lowest BCUT2D eigenvalue weighted by molar-refractivity contribution is -0.274. The Morgan fingerprint density at radius 1 is 1.09 bits per heavy atom. The van der Waals surface area contributed by atoms with Crippen LogP contribution in [0.5, 0.6) is 5.75 Å². The van der Waals surface area contributed by atoms with Crippen LogP contribution in [0.4, 0.5) is 18.0 Å². The molecule has 0 fully saturated rings. The second-order valence-electron chi connectivity index (χ2n) is 10.6. The van der Waals surface area contributed by atoms with Gasteiger partial charge in [0.15, 0.2) is 10.6 Å². The first-order valence-corrected chi connectivity index (χ1v) is 14.9. The molecule has 0 aliphatic heterocycles. The number of allylic oxidation sites excluding steroid dienone is 1. The van der Waals surface area contributed by atoms with Crippen LogP contribution in [0.15, 0.2) is 89.6 Å². The number of alkyl halides is 3. The molecule has 1 N–H and O–H groups in total. The molecule has 5 rings (SSSR count). The molecule has 2 amide bonds. The van der Waals surface area contributed by atoms with Crippen molar-refractivity contribution in [2.24, 2.45) is 4.99 Å². The smallest absolute Gasteiger partial charge is 0.406 e. The maximum absolute atomic E-state index is 12.9. The number of hydrogen-bond acceptors (Lipinski definition) is 6. The van der Waals surface area contributed by atoms with Crippen LogP contribution in [0, 0.1) is 25.2 Å². The van der Waals surface area contributed by atoms with Crippen molar-refractivity contribution < 1.29 is 22.7 Å². The standard InChI is InChI=1S/C33H28F3N7O2S/c1-20(2)28-14-5-21(3)15-29(28)43-22(4)18-46-32(43)40-31(44)38-17-25(16-37)23-6-8-24(9-7-23)30-39-19-42(41-30)26-10-12-27(13-11-26)45-33(34,35)36/h5-15,17-20H,1-4H3,(H,38,44)/b25-17+,40-32-. The zero-order valence-electron chi connectivity index (χ0n) is 25.2. The van der Waals surface area contributed by atoms with Crippen molar-refractivity contribution in [1.29, 1.82) is 5.26 Å². The first kappa shape index (κ1) is 31.9. The quantitative estimate of drug-likeness (QED) is 0.184. The summed E-state index contributed by atoms with van der Waals surface area (Å²) >= 11 is 1.35. The normalized spacial score (nSPS) is 12.3. The third kappa shape index (κ3) is 7.41. The van der Waals surface area contributed by atoms with E-state index in [2.05, 4.69) is 63.2 Å². The van der Waals surface area contributed by atoms with E-state index in [-0.39, 0.29) is 17.2 Å². The Morgan fingerprint density at radius 3 is 2.46 bits per heavy atom. The van der Waals surface area contributed by atoms with Gasteiger partial charge in [0.05, 0.1) is 16.9 Å². The Labute approximate surface area is 266 Å². The van der Waals surface area contributed by atoms with Crippen LogP contribution in [0.25, 0.3) is 28.3 Å². The molecule has 0 spiro atoms. The highest BCUT2D eigenvalue weighted by Gasteiger charge is 2.31. The Hall–Kier alpha value is -5.48. The monoisotopic (exact) mass is 643 g/mol. The first-order valence-electron chi connectivity index (χ1n) is 14.0. The average molecular weight is 644 g/mol. The van der Waals surface area contributed by atoms with Crippen LogP contribution in [-0.2, 0) is 0 Å². The maximum Gasteiger partial charge on any atom is 0.573 e. The molecule has 2 heterocycles. The van der Waals surface area contributed by atoms with Crippen LogP contribution in [-0.4, -0.2) is 31.7 Å². The maximum atomic E-state index is 12.9. The molecular formula is C33H28F3N7O2S. The molecule has 0 bridgehead atoms. The summed E-state index contributed by atoms with van der Waals surface area (Å²) < 4.78 is 44.6. The predicted molar refractivity (Wildman–Crippen MR) is 168 cm³/mol. The third-order valence-corrected chi connectivity index (χ3v) is 7.81. The van der Waals surface area contributed by atoms with Gasteiger partial charge in [-0.3, -0.25) is 4.57 Å². The Morgan fingerprint density at radius 2 is 1.80 bits per heavy atom. The number of thiazole rings is 1. The topological polar surface area (TPSA) is 110 Å². The zero-order chi connectivity index (χ0) is 33.0. The van der Waals surface area contributed by atoms with E-state index in [1.807, 2.05) is 23.8 Å². The zero-order valence-corrected chi connectivity index (χ0v) is 26.0. The highest BCUT2D eigenvalue weighted by atomic mass is 32.1. The van der Waals surface area contributed by atoms with E-state index in [0.29, 0.717) is 27.4 Å². The number of ether oxygens (including phenoxy) is 1. The molecule has 0 saturated heterocycles. The molecule has 0 saturated carbocycles. The van der Waals surface area contributed by atoms with Crippen LogP contribution in [0.1, 0.15) is 42.1 Å². The average Bonchev–Trinajstić information content (AvgIpc) is 3.64. The van der Waals surface area contributed by atoms with Gasteiger partial charge in [-0.15, -0.1) is 29.6 Å². The molecule has 2 aromatic heterocycles. The van der Waals surface area contributed by atoms with Crippen LogP contribution >= 0.6 is 11.3 Å². The molecule has 0 atom stereocenters. The summed E-state index contributed by atoms with van der Waals surface area (Å²) in [7, 11) is 0. The summed E-state index contributed by atoms with van der Waals surface area (Å²) in [5, 5.41) is 18.7. The molecule has 3 aromatic carbocycles. The van der Waals surface area contributed by atoms with Crippen molar-refractivity contribution in [1.82, 2.24) is 24.6 Å². The summed E-state index contributed by atoms with van der Waals surface area (Å²) in [6, 6.07) is 19.8. The molecule has 13 heteroatoms. The van der Waals surface area contributed by atoms with Crippen LogP contribution in [0.3, 0.4) is 0 Å². The summed E-state index contributed by atoms with van der Waals surface area (Å²) in [6.07, 6.45) is -2.02. The highest BCUT2D eigenvalue weighted by molar-refractivity contribution is 7.07. The number of nitrogens with one attached hydrogen (secondary N) is 1. The summed E-state index contributed by atoms with van der Waals surface area (Å²) in [6.45, 7) is 8.22. The number of aryl methyl sites for hydroxylation is 2. The van der Waals surface area contributed by atoms with Gasteiger partial charge < -0.3 is 10.1 Å². The number of rotatable bonds is 7. The van der Waals surface area contributed by atoms with Gasteiger partial charge in [-0.25, -0.2) is 14.5 Å². The van der Waals surface area contributed by atoms with Gasteiger partial charge in [0, 0.05) is 22.8 Å². The van der Waals surface area contributed by atoms with E-state index in [1.165, 1.54) is 52.8 Å². The summed E-state index contributed by atoms with van der Waals surface area (Å²) in [5.41, 5.74) is 6.05. The van der Waals surface area contributed by atoms with Crippen molar-refractivity contribution in [3.8, 4) is 34.6 Å². The summed E-state index contributed by atoms with van der Waals surface area (Å²) in [5.74, 6) is 0.294. The number of hydrogen-bond donors (Lipinski definition) is 1. The van der Waals surface area contributed by atoms with E-state index in [0.717, 1.165) is 22.5 Å². The summed E-state index contributed by atoms with van der Waals surface area (Å²) in [4.78, 5) is 21.9. The fourth-order valence-corrected chi connectivity index (χ4v) is 5.52. The van der Waals surface area contributed by atoms with Gasteiger partial charge in [0.25, 0.3) is 0 Å². The van der Waals surface area contributed by atoms with E-state index >= 15 is 0 Å². The van der Waals surface area contributed by atoms with Crippen molar-refractivity contribution in [3.63, 3.8) is 0 Å². The van der Waals surface area contributed by atoms with Gasteiger partial charge in [0.1, 0.15) is 18.1 Å². The molecule has 5 aromatic rings. The second kappa shape index (κ2) is 13.3. The van der Waals surface area contributed by atoms with Crippen molar-refractivity contribution in [2.45, 2.75) is 40.0 Å². The lowest BCUT2D eigenvalue weighted by Crippen LogP contribution is -2.22. The van der Waals surface area contributed by atoms with E-state index in [1.54, 1.807) is 24.3 Å². The number of aromatic nitrogens is 4. The van der Waals surface area contributed by atoms with Crippen LogP contribution < -0.4 is 14.9 Å². The number of nitrogens with zero attached hydrogens (tertiary/aromatic N) is 6. The fraction of sp³-hybridized carbons (Fsp3) is 0.182. The number of carbonyl (C=O) groups is 1. The van der Waals surface area contributed by atoms with Crippen molar-refractivity contribution >= 4 is 22.9 Å². The number of halogens is 3. The van der Waals surface area contributed by atoms with Gasteiger partial charge in [-0.2, -0.15) is 10.3 Å². The van der Waals surface area contributed by atoms with Crippen LogP contribution in [0.2, 0.25) is 0 Å². The molecule has 0 aliphatic rings. The van der Waals surface area contributed by atoms with Gasteiger partial charge in [-0.05, 0) is 66.8 Å². The molecule has 0 aliphatic carbocycles. The number of urea groups is 1.